The van der Waals surface area contributed by atoms with Gasteiger partial charge in [-0.2, -0.15) is 15.5 Å². The van der Waals surface area contributed by atoms with E-state index in [0.29, 0.717) is 22.7 Å². The number of fused-ring (bicyclic) bond motifs is 1. The molecule has 168 valence electrons. The Morgan fingerprint density at radius 2 is 1.73 bits per heavy atom. The van der Waals surface area contributed by atoms with Gasteiger partial charge in [-0.05, 0) is 65.0 Å². The van der Waals surface area contributed by atoms with E-state index in [4.69, 9.17) is 16.1 Å². The lowest BCUT2D eigenvalue weighted by atomic mass is 9.96. The molecule has 3 aromatic heterocycles. The number of hydrogen-bond donors (Lipinski definition) is 3. The third-order valence-electron chi connectivity index (χ3n) is 5.50. The first-order chi connectivity index (χ1) is 15.6. The average molecular weight is 443 g/mol. The lowest BCUT2D eigenvalue weighted by Crippen LogP contribution is -2.17. The number of nitrogen functional groups attached to an aromatic ring is 1. The summed E-state index contributed by atoms with van der Waals surface area (Å²) in [5, 5.41) is 28.9. The molecule has 0 radical (unpaired) electrons. The van der Waals surface area contributed by atoms with Crippen LogP contribution in [0.2, 0.25) is 0 Å². The molecule has 0 fully saturated rings. The summed E-state index contributed by atoms with van der Waals surface area (Å²) in [6.45, 7) is 9.16. The molecule has 4 N–H and O–H groups in total. The smallest absolute Gasteiger partial charge is 0.157 e. The molecule has 0 aliphatic heterocycles. The Morgan fingerprint density at radius 3 is 2.33 bits per heavy atom. The van der Waals surface area contributed by atoms with Gasteiger partial charge >= 0.3 is 0 Å². The summed E-state index contributed by atoms with van der Waals surface area (Å²) < 4.78 is 3.47. The molecule has 0 bridgehead atoms. The van der Waals surface area contributed by atoms with Crippen molar-refractivity contribution in [2.24, 2.45) is 0 Å². The van der Waals surface area contributed by atoms with Crippen molar-refractivity contribution in [3.63, 3.8) is 0 Å². The maximum absolute atomic E-state index is 10.5. The normalized spacial score (nSPS) is 11.4. The van der Waals surface area contributed by atoms with Crippen molar-refractivity contribution in [2.75, 3.05) is 5.73 Å². The Labute approximate surface area is 191 Å². The largest absolute Gasteiger partial charge is 0.386 e. The lowest BCUT2D eigenvalue weighted by molar-refractivity contribution is 0.0772. The first-order valence-electron chi connectivity index (χ1n) is 10.5. The van der Waals surface area contributed by atoms with Crippen LogP contribution in [-0.2, 0) is 5.60 Å². The number of nitriles is 1. The fourth-order valence-corrected chi connectivity index (χ4v) is 4.13. The van der Waals surface area contributed by atoms with Crippen LogP contribution in [0, 0.1) is 32.1 Å². The molecule has 0 atom stereocenters. The van der Waals surface area contributed by atoms with Gasteiger partial charge in [0.2, 0.25) is 0 Å². The van der Waals surface area contributed by atoms with Crippen LogP contribution in [-0.4, -0.2) is 34.6 Å². The molecule has 9 nitrogen and oxygen atoms in total. The number of nitrogens with one attached hydrogen (secondary N) is 1. The quantitative estimate of drug-likeness (QED) is 0.443. The van der Waals surface area contributed by atoms with Crippen LogP contribution in [0.1, 0.15) is 42.1 Å². The van der Waals surface area contributed by atoms with E-state index in [1.807, 2.05) is 32.9 Å². The second kappa shape index (κ2) is 8.07. The Kier molecular flexibility index (Phi) is 5.39. The van der Waals surface area contributed by atoms with Gasteiger partial charge in [0.05, 0.1) is 39.8 Å². The average Bonchev–Trinajstić information content (AvgIpc) is 3.24. The number of nitrogens with zero attached hydrogens (tertiary/aromatic N) is 6. The van der Waals surface area contributed by atoms with E-state index in [1.54, 1.807) is 53.7 Å². The van der Waals surface area contributed by atoms with Crippen molar-refractivity contribution in [1.29, 1.82) is 5.26 Å². The monoisotopic (exact) mass is 442 g/mol. The molecule has 3 heterocycles. The van der Waals surface area contributed by atoms with E-state index in [1.165, 1.54) is 0 Å². The fraction of sp³-hybridized carbons (Fsp3) is 0.250. The highest BCUT2D eigenvalue weighted by Gasteiger charge is 2.26. The van der Waals surface area contributed by atoms with Crippen LogP contribution in [0.3, 0.4) is 0 Å². The summed E-state index contributed by atoms with van der Waals surface area (Å²) in [6, 6.07) is 12.8. The number of anilines is 1. The van der Waals surface area contributed by atoms with Gasteiger partial charge in [0.1, 0.15) is 11.3 Å². The van der Waals surface area contributed by atoms with Crippen LogP contribution in [0.5, 0.6) is 0 Å². The topological polar surface area (TPSA) is 134 Å². The number of aryl methyl sites for hydroxylation is 2. The summed E-state index contributed by atoms with van der Waals surface area (Å²) in [7, 11) is 0. The van der Waals surface area contributed by atoms with E-state index in [9.17, 15) is 5.11 Å². The summed E-state index contributed by atoms with van der Waals surface area (Å²) in [6.07, 6.45) is 1.65. The van der Waals surface area contributed by atoms with Gasteiger partial charge in [-0.3, -0.25) is 0 Å². The van der Waals surface area contributed by atoms with Crippen LogP contribution >= 0.6 is 0 Å². The van der Waals surface area contributed by atoms with Crippen molar-refractivity contribution in [1.82, 2.24) is 29.5 Å². The van der Waals surface area contributed by atoms with Crippen molar-refractivity contribution in [3.8, 4) is 17.6 Å². The van der Waals surface area contributed by atoms with Gasteiger partial charge in [0.25, 0.3) is 0 Å². The molecule has 0 unspecified atom stereocenters. The predicted molar refractivity (Wildman–Crippen MR) is 127 cm³/mol. The van der Waals surface area contributed by atoms with Crippen LogP contribution in [0.25, 0.3) is 22.5 Å². The highest BCUT2D eigenvalue weighted by atomic mass is 16.3. The first kappa shape index (κ1) is 22.0. The van der Waals surface area contributed by atoms with Crippen LogP contribution < -0.4 is 5.73 Å². The first-order valence-corrected chi connectivity index (χ1v) is 10.5. The molecule has 4 rings (SSSR count). The van der Waals surface area contributed by atoms with Gasteiger partial charge in [-0.15, -0.1) is 0 Å². The van der Waals surface area contributed by atoms with Crippen molar-refractivity contribution in [2.45, 2.75) is 40.2 Å². The van der Waals surface area contributed by atoms with E-state index in [-0.39, 0.29) is 0 Å². The molecule has 0 aliphatic carbocycles. The summed E-state index contributed by atoms with van der Waals surface area (Å²) >= 11 is 0. The number of hydrogen-bond acceptors (Lipinski definition) is 6. The summed E-state index contributed by atoms with van der Waals surface area (Å²) in [5.74, 6) is 0.883. The number of aromatic amines is 1. The van der Waals surface area contributed by atoms with Crippen molar-refractivity contribution >= 4 is 16.9 Å². The van der Waals surface area contributed by atoms with Gasteiger partial charge in [-0.25, -0.2) is 14.3 Å². The summed E-state index contributed by atoms with van der Waals surface area (Å²) in [5.41, 5.74) is 11.3. The predicted octanol–water partition coefficient (Wildman–Crippen LogP) is 3.67. The van der Waals surface area contributed by atoms with Gasteiger partial charge < -0.3 is 15.8 Å². The number of aliphatic hydroxyl groups is 1. The Balaban J connectivity index is 1.87. The second-order valence-electron chi connectivity index (χ2n) is 8.46. The zero-order chi connectivity index (χ0) is 23.9. The van der Waals surface area contributed by atoms with Crippen LogP contribution in [0.15, 0.2) is 42.6 Å². The Morgan fingerprint density at radius 1 is 1.03 bits per heavy atom. The standard InChI is InChI=1S/C24H26N8O/c1-14-22(24(4,5)33)15(2)32(29-14)21-12-20(26)28-23-16(3)31(30-19(23)10-11-27-21)18-8-6-17(13-25)7-9-18/h6-12,28,33H,26H2,1-5H3. The number of benzene rings is 1. The van der Waals surface area contributed by atoms with Gasteiger partial charge in [0, 0.05) is 23.5 Å². The molecule has 0 spiro atoms. The molecule has 0 aliphatic rings. The van der Waals surface area contributed by atoms with E-state index in [0.717, 1.165) is 33.8 Å². The molecule has 1 aromatic carbocycles. The Hall–Kier alpha value is -4.16. The fourth-order valence-electron chi connectivity index (χ4n) is 4.13. The van der Waals surface area contributed by atoms with E-state index in [2.05, 4.69) is 21.1 Å². The maximum atomic E-state index is 10.5. The highest BCUT2D eigenvalue weighted by Crippen LogP contribution is 2.28. The molecular weight excluding hydrogens is 416 g/mol. The highest BCUT2D eigenvalue weighted by molar-refractivity contribution is 5.77. The molecular formula is C24H26N8O. The number of aromatic nitrogens is 6. The zero-order valence-electron chi connectivity index (χ0n) is 19.2. The zero-order valence-corrected chi connectivity index (χ0v) is 19.2. The van der Waals surface area contributed by atoms with E-state index < -0.39 is 5.60 Å². The van der Waals surface area contributed by atoms with Crippen molar-refractivity contribution < 1.29 is 5.11 Å². The number of rotatable bonds is 3. The maximum Gasteiger partial charge on any atom is 0.157 e. The number of H-pyrrole nitrogens is 1. The second-order valence-corrected chi connectivity index (χ2v) is 8.46. The van der Waals surface area contributed by atoms with Gasteiger partial charge in [0.15, 0.2) is 5.82 Å². The van der Waals surface area contributed by atoms with Crippen LogP contribution in [0.4, 0.5) is 5.82 Å². The molecule has 0 amide bonds. The molecule has 33 heavy (non-hydrogen) atoms. The SMILES string of the molecule is Cc1nn(-c2cc(N)[nH]c3c(C)n(-c4ccc(C#N)cc4)nc3ccn2)c(C)c1C(C)(C)O. The third kappa shape index (κ3) is 4.04. The minimum Gasteiger partial charge on any atom is -0.386 e. The molecule has 4 aromatic rings. The Bertz CT molecular complexity index is 1440. The minimum atomic E-state index is -1.03. The van der Waals surface area contributed by atoms with Gasteiger partial charge in [-0.1, -0.05) is 0 Å². The number of nitrogens with two attached hydrogens (primary N) is 1. The molecule has 0 saturated carbocycles. The molecule has 9 heteroatoms. The third-order valence-corrected chi connectivity index (χ3v) is 5.50. The minimum absolute atomic E-state index is 0.374. The van der Waals surface area contributed by atoms with Crippen molar-refractivity contribution in [3.05, 3.63) is 70.8 Å². The molecule has 0 saturated heterocycles. The summed E-state index contributed by atoms with van der Waals surface area (Å²) in [4.78, 5) is 7.80. The van der Waals surface area contributed by atoms with E-state index >= 15 is 0 Å². The lowest BCUT2D eigenvalue weighted by Gasteiger charge is -2.17.